The van der Waals surface area contributed by atoms with Crippen molar-refractivity contribution in [3.63, 3.8) is 0 Å². The highest BCUT2D eigenvalue weighted by Crippen LogP contribution is 2.13. The highest BCUT2D eigenvalue weighted by Gasteiger charge is 2.21. The van der Waals surface area contributed by atoms with E-state index in [0.29, 0.717) is 25.2 Å². The SMILES string of the molecule is N#CC(Cc1ccccc1F)N1CCOCC1. The molecule has 0 spiro atoms. The first-order chi connectivity index (χ1) is 8.31. The van der Waals surface area contributed by atoms with Gasteiger partial charge >= 0.3 is 0 Å². The molecular weight excluding hydrogens is 219 g/mol. The molecule has 0 amide bonds. The monoisotopic (exact) mass is 234 g/mol. The van der Waals surface area contributed by atoms with Crippen molar-refractivity contribution in [2.75, 3.05) is 26.3 Å². The summed E-state index contributed by atoms with van der Waals surface area (Å²) in [5.41, 5.74) is 0.602. The van der Waals surface area contributed by atoms with Crippen LogP contribution in [0.5, 0.6) is 0 Å². The fourth-order valence-electron chi connectivity index (χ4n) is 2.02. The van der Waals surface area contributed by atoms with Crippen LogP contribution in [0, 0.1) is 17.1 Å². The Balaban J connectivity index is 2.05. The van der Waals surface area contributed by atoms with E-state index in [1.54, 1.807) is 18.2 Å². The van der Waals surface area contributed by atoms with Gasteiger partial charge < -0.3 is 4.74 Å². The van der Waals surface area contributed by atoms with Crippen molar-refractivity contribution in [3.8, 4) is 6.07 Å². The Hall–Kier alpha value is -1.44. The Labute approximate surface area is 100 Å². The lowest BCUT2D eigenvalue weighted by atomic mass is 10.0. The first-order valence-corrected chi connectivity index (χ1v) is 5.76. The molecule has 1 aliphatic rings. The van der Waals surface area contributed by atoms with E-state index in [0.717, 1.165) is 13.1 Å². The molecule has 4 heteroatoms. The van der Waals surface area contributed by atoms with Crippen molar-refractivity contribution < 1.29 is 9.13 Å². The Morgan fingerprint density at radius 1 is 1.35 bits per heavy atom. The molecular formula is C13H15FN2O. The van der Waals surface area contributed by atoms with Crippen LogP contribution in [-0.2, 0) is 11.2 Å². The molecule has 1 aliphatic heterocycles. The summed E-state index contributed by atoms with van der Waals surface area (Å²) in [5.74, 6) is -0.235. The van der Waals surface area contributed by atoms with Crippen LogP contribution in [0.1, 0.15) is 5.56 Å². The van der Waals surface area contributed by atoms with Gasteiger partial charge in [-0.1, -0.05) is 18.2 Å². The van der Waals surface area contributed by atoms with Gasteiger partial charge in [0, 0.05) is 19.5 Å². The second-order valence-electron chi connectivity index (χ2n) is 4.09. The molecule has 0 saturated carbocycles. The maximum Gasteiger partial charge on any atom is 0.126 e. The lowest BCUT2D eigenvalue weighted by Crippen LogP contribution is -2.43. The first kappa shape index (κ1) is 12.0. The number of halogens is 1. The van der Waals surface area contributed by atoms with Gasteiger partial charge in [0.25, 0.3) is 0 Å². The summed E-state index contributed by atoms with van der Waals surface area (Å²) in [5, 5.41) is 9.18. The molecule has 1 unspecified atom stereocenters. The maximum atomic E-state index is 13.5. The Morgan fingerprint density at radius 2 is 2.06 bits per heavy atom. The number of nitriles is 1. The number of ether oxygens (including phenoxy) is 1. The summed E-state index contributed by atoms with van der Waals surface area (Å²) < 4.78 is 18.7. The van der Waals surface area contributed by atoms with Crippen LogP contribution in [0.25, 0.3) is 0 Å². The van der Waals surface area contributed by atoms with Crippen molar-refractivity contribution in [1.82, 2.24) is 4.90 Å². The molecule has 3 nitrogen and oxygen atoms in total. The van der Waals surface area contributed by atoms with Crippen molar-refractivity contribution in [2.45, 2.75) is 12.5 Å². The average Bonchev–Trinajstić information content (AvgIpc) is 2.39. The zero-order valence-corrected chi connectivity index (χ0v) is 9.60. The molecule has 1 heterocycles. The molecule has 1 saturated heterocycles. The minimum absolute atomic E-state index is 0.235. The molecule has 0 bridgehead atoms. The third kappa shape index (κ3) is 3.02. The van der Waals surface area contributed by atoms with Crippen molar-refractivity contribution in [3.05, 3.63) is 35.6 Å². The number of benzene rings is 1. The van der Waals surface area contributed by atoms with Gasteiger partial charge in [0.05, 0.1) is 19.3 Å². The fraction of sp³-hybridized carbons (Fsp3) is 0.462. The smallest absolute Gasteiger partial charge is 0.126 e. The predicted molar refractivity (Wildman–Crippen MR) is 61.9 cm³/mol. The van der Waals surface area contributed by atoms with Crippen LogP contribution in [0.15, 0.2) is 24.3 Å². The van der Waals surface area contributed by atoms with Crippen LogP contribution < -0.4 is 0 Å². The van der Waals surface area contributed by atoms with E-state index in [1.165, 1.54) is 6.07 Å². The average molecular weight is 234 g/mol. The summed E-state index contributed by atoms with van der Waals surface area (Å²) in [6.45, 7) is 2.78. The molecule has 0 aliphatic carbocycles. The van der Waals surface area contributed by atoms with Gasteiger partial charge in [0.2, 0.25) is 0 Å². The van der Waals surface area contributed by atoms with Crippen LogP contribution in [0.4, 0.5) is 4.39 Å². The number of morpholine rings is 1. The molecule has 2 rings (SSSR count). The maximum absolute atomic E-state index is 13.5. The number of rotatable bonds is 3. The standard InChI is InChI=1S/C13H15FN2O/c14-13-4-2-1-3-11(13)9-12(10-15)16-5-7-17-8-6-16/h1-4,12H,5-9H2. The summed E-state index contributed by atoms with van der Waals surface area (Å²) in [6, 6.07) is 8.61. The van der Waals surface area contributed by atoms with Gasteiger partial charge in [-0.25, -0.2) is 4.39 Å². The van der Waals surface area contributed by atoms with Gasteiger partial charge in [-0.05, 0) is 11.6 Å². The van der Waals surface area contributed by atoms with Crippen molar-refractivity contribution in [2.24, 2.45) is 0 Å². The molecule has 0 aromatic heterocycles. The second-order valence-corrected chi connectivity index (χ2v) is 4.09. The number of nitrogens with zero attached hydrogens (tertiary/aromatic N) is 2. The van der Waals surface area contributed by atoms with Gasteiger partial charge in [0.15, 0.2) is 0 Å². The van der Waals surface area contributed by atoms with E-state index in [-0.39, 0.29) is 11.9 Å². The zero-order valence-electron chi connectivity index (χ0n) is 9.60. The van der Waals surface area contributed by atoms with Crippen LogP contribution in [0.2, 0.25) is 0 Å². The lowest BCUT2D eigenvalue weighted by Gasteiger charge is -2.30. The summed E-state index contributed by atoms with van der Waals surface area (Å²) in [4.78, 5) is 2.05. The molecule has 1 aromatic rings. The highest BCUT2D eigenvalue weighted by atomic mass is 19.1. The van der Waals surface area contributed by atoms with E-state index < -0.39 is 0 Å². The Morgan fingerprint density at radius 3 is 2.71 bits per heavy atom. The van der Waals surface area contributed by atoms with Gasteiger partial charge in [-0.2, -0.15) is 5.26 Å². The molecule has 0 radical (unpaired) electrons. The lowest BCUT2D eigenvalue weighted by molar-refractivity contribution is 0.0269. The predicted octanol–water partition coefficient (Wildman–Crippen LogP) is 1.59. The van der Waals surface area contributed by atoms with E-state index in [9.17, 15) is 9.65 Å². The summed E-state index contributed by atoms with van der Waals surface area (Å²) in [7, 11) is 0. The van der Waals surface area contributed by atoms with Gasteiger partial charge in [-0.3, -0.25) is 4.90 Å². The summed E-state index contributed by atoms with van der Waals surface area (Å²) >= 11 is 0. The molecule has 17 heavy (non-hydrogen) atoms. The Bertz CT molecular complexity index is 410. The van der Waals surface area contributed by atoms with E-state index >= 15 is 0 Å². The summed E-state index contributed by atoms with van der Waals surface area (Å²) in [6.07, 6.45) is 0.434. The van der Waals surface area contributed by atoms with E-state index in [1.807, 2.05) is 0 Å². The first-order valence-electron chi connectivity index (χ1n) is 5.76. The van der Waals surface area contributed by atoms with Crippen LogP contribution in [0.3, 0.4) is 0 Å². The zero-order chi connectivity index (χ0) is 12.1. The molecule has 1 aromatic carbocycles. The molecule has 90 valence electrons. The second kappa shape index (κ2) is 5.76. The van der Waals surface area contributed by atoms with Gasteiger partial charge in [0.1, 0.15) is 11.9 Å². The van der Waals surface area contributed by atoms with Crippen molar-refractivity contribution in [1.29, 1.82) is 5.26 Å². The number of hydrogen-bond acceptors (Lipinski definition) is 3. The Kier molecular flexibility index (Phi) is 4.08. The van der Waals surface area contributed by atoms with E-state index in [4.69, 9.17) is 4.74 Å². The fourth-order valence-corrected chi connectivity index (χ4v) is 2.02. The van der Waals surface area contributed by atoms with Crippen molar-refractivity contribution >= 4 is 0 Å². The highest BCUT2D eigenvalue weighted by molar-refractivity contribution is 5.20. The molecule has 1 atom stereocenters. The largest absolute Gasteiger partial charge is 0.379 e. The quantitative estimate of drug-likeness (QED) is 0.797. The van der Waals surface area contributed by atoms with E-state index in [2.05, 4.69) is 11.0 Å². The molecule has 0 N–H and O–H groups in total. The minimum atomic E-state index is -0.268. The normalized spacial score (nSPS) is 18.6. The third-order valence-corrected chi connectivity index (χ3v) is 3.01. The van der Waals surface area contributed by atoms with Gasteiger partial charge in [-0.15, -0.1) is 0 Å². The third-order valence-electron chi connectivity index (χ3n) is 3.01. The number of hydrogen-bond donors (Lipinski definition) is 0. The molecule has 1 fully saturated rings. The van der Waals surface area contributed by atoms with Crippen LogP contribution in [-0.4, -0.2) is 37.2 Å². The van der Waals surface area contributed by atoms with Crippen LogP contribution >= 0.6 is 0 Å². The topological polar surface area (TPSA) is 36.3 Å². The minimum Gasteiger partial charge on any atom is -0.379 e.